The summed E-state index contributed by atoms with van der Waals surface area (Å²) in [7, 11) is 0. The van der Waals surface area contributed by atoms with Gasteiger partial charge in [0.1, 0.15) is 6.04 Å². The molecule has 3 heteroatoms. The summed E-state index contributed by atoms with van der Waals surface area (Å²) in [6.45, 7) is 18.4. The largest absolute Gasteiger partial charge is 0.298 e. The minimum atomic E-state index is -0.0555. The molecule has 2 aromatic carbocycles. The normalized spacial score (nSPS) is 18.2. The molecule has 1 aliphatic heterocycles. The Hall–Kier alpha value is -2.42. The summed E-state index contributed by atoms with van der Waals surface area (Å²) >= 11 is 0. The molecular weight excluding hydrogens is 366 g/mol. The smallest absolute Gasteiger partial charge is 0.219 e. The van der Waals surface area contributed by atoms with Crippen LogP contribution in [0.15, 0.2) is 30.3 Å². The lowest BCUT2D eigenvalue weighted by atomic mass is 9.68. The molecule has 0 spiro atoms. The molecule has 0 amide bonds. The third-order valence-electron chi connectivity index (χ3n) is 7.89. The highest BCUT2D eigenvalue weighted by molar-refractivity contribution is 5.97. The van der Waals surface area contributed by atoms with Gasteiger partial charge in [0.05, 0.1) is 10.9 Å². The SMILES string of the molecule is CCC1(CC)c2cccc3nc(C(C)(C)C)n4c5cc(C)c(C)cc5[n+](c4c23)C1C. The van der Waals surface area contributed by atoms with Gasteiger partial charge in [-0.1, -0.05) is 46.8 Å². The molecule has 2 aromatic heterocycles. The van der Waals surface area contributed by atoms with Gasteiger partial charge in [0, 0.05) is 10.8 Å². The first kappa shape index (κ1) is 19.5. The highest BCUT2D eigenvalue weighted by Gasteiger charge is 2.48. The first-order chi connectivity index (χ1) is 14.2. The molecule has 0 radical (unpaired) electrons. The fourth-order valence-corrected chi connectivity index (χ4v) is 5.98. The molecular formula is C27H34N3+. The zero-order valence-corrected chi connectivity index (χ0v) is 19.7. The van der Waals surface area contributed by atoms with Gasteiger partial charge in [-0.2, -0.15) is 4.40 Å². The number of aryl methyl sites for hydroxylation is 2. The fourth-order valence-electron chi connectivity index (χ4n) is 5.98. The van der Waals surface area contributed by atoms with Gasteiger partial charge < -0.3 is 0 Å². The lowest BCUT2D eigenvalue weighted by Crippen LogP contribution is -2.52. The Bertz CT molecular complexity index is 1330. The Morgan fingerprint density at radius 3 is 2.37 bits per heavy atom. The van der Waals surface area contributed by atoms with Crippen LogP contribution in [0.5, 0.6) is 0 Å². The number of nitrogens with zero attached hydrogens (tertiary/aromatic N) is 3. The first-order valence-corrected chi connectivity index (χ1v) is 11.5. The number of fused-ring (bicyclic) bond motifs is 3. The van der Waals surface area contributed by atoms with Crippen LogP contribution in [0.2, 0.25) is 0 Å². The molecule has 3 heterocycles. The van der Waals surface area contributed by atoms with Crippen LogP contribution in [0, 0.1) is 13.8 Å². The van der Waals surface area contributed by atoms with E-state index in [4.69, 9.17) is 4.98 Å². The van der Waals surface area contributed by atoms with Gasteiger partial charge in [0.15, 0.2) is 11.0 Å². The molecule has 156 valence electrons. The van der Waals surface area contributed by atoms with Gasteiger partial charge in [-0.15, -0.1) is 0 Å². The van der Waals surface area contributed by atoms with Crippen molar-refractivity contribution in [2.75, 3.05) is 0 Å². The van der Waals surface area contributed by atoms with Gasteiger partial charge in [-0.05, 0) is 68.5 Å². The maximum Gasteiger partial charge on any atom is 0.298 e. The summed E-state index contributed by atoms with van der Waals surface area (Å²) in [5, 5.41) is 1.35. The summed E-state index contributed by atoms with van der Waals surface area (Å²) in [6.07, 6.45) is 2.25. The molecule has 0 saturated carbocycles. The molecule has 1 aliphatic rings. The predicted octanol–water partition coefficient (Wildman–Crippen LogP) is 6.47. The second kappa shape index (κ2) is 6.06. The second-order valence-electron chi connectivity index (χ2n) is 10.4. The van der Waals surface area contributed by atoms with E-state index in [1.807, 2.05) is 0 Å². The van der Waals surface area contributed by atoms with Crippen LogP contribution in [0.1, 0.15) is 82.9 Å². The van der Waals surface area contributed by atoms with Gasteiger partial charge in [0.25, 0.3) is 5.65 Å². The van der Waals surface area contributed by atoms with E-state index in [1.165, 1.54) is 38.8 Å². The highest BCUT2D eigenvalue weighted by atomic mass is 15.2. The maximum atomic E-state index is 5.29. The summed E-state index contributed by atoms with van der Waals surface area (Å²) in [5.41, 5.74) is 9.32. The molecule has 0 aliphatic carbocycles. The van der Waals surface area contributed by atoms with Gasteiger partial charge in [0.2, 0.25) is 5.82 Å². The molecule has 3 nitrogen and oxygen atoms in total. The Morgan fingerprint density at radius 1 is 1.07 bits per heavy atom. The van der Waals surface area contributed by atoms with Crippen molar-refractivity contribution in [3.05, 3.63) is 52.8 Å². The number of rotatable bonds is 2. The Labute approximate surface area is 179 Å². The van der Waals surface area contributed by atoms with Crippen LogP contribution in [0.25, 0.3) is 27.6 Å². The quantitative estimate of drug-likeness (QED) is 0.353. The minimum absolute atomic E-state index is 0.0555. The summed E-state index contributed by atoms with van der Waals surface area (Å²) < 4.78 is 5.11. The minimum Gasteiger partial charge on any atom is -0.219 e. The van der Waals surface area contributed by atoms with Crippen molar-refractivity contribution < 1.29 is 4.57 Å². The van der Waals surface area contributed by atoms with E-state index >= 15 is 0 Å². The van der Waals surface area contributed by atoms with E-state index < -0.39 is 0 Å². The van der Waals surface area contributed by atoms with Crippen LogP contribution in [-0.2, 0) is 10.8 Å². The number of hydrogen-bond donors (Lipinski definition) is 0. The lowest BCUT2D eigenvalue weighted by Gasteiger charge is -2.39. The Morgan fingerprint density at radius 2 is 1.73 bits per heavy atom. The lowest BCUT2D eigenvalue weighted by molar-refractivity contribution is -0.682. The van der Waals surface area contributed by atoms with Crippen LogP contribution in [-0.4, -0.2) is 9.38 Å². The molecule has 0 bridgehead atoms. The number of benzene rings is 2. The van der Waals surface area contributed by atoms with Crippen LogP contribution < -0.4 is 4.57 Å². The average Bonchev–Trinajstić information content (AvgIpc) is 3.02. The fraction of sp³-hybridized carbons (Fsp3) is 0.481. The van der Waals surface area contributed by atoms with Crippen molar-refractivity contribution in [1.82, 2.24) is 9.38 Å². The topological polar surface area (TPSA) is 21.2 Å². The average molecular weight is 401 g/mol. The van der Waals surface area contributed by atoms with E-state index in [-0.39, 0.29) is 10.8 Å². The van der Waals surface area contributed by atoms with Crippen LogP contribution in [0.4, 0.5) is 0 Å². The zero-order valence-electron chi connectivity index (χ0n) is 19.7. The van der Waals surface area contributed by atoms with Gasteiger partial charge >= 0.3 is 0 Å². The first-order valence-electron chi connectivity index (χ1n) is 11.5. The third kappa shape index (κ3) is 2.21. The monoisotopic (exact) mass is 400 g/mol. The highest BCUT2D eigenvalue weighted by Crippen LogP contribution is 2.48. The van der Waals surface area contributed by atoms with Crippen molar-refractivity contribution in [2.24, 2.45) is 0 Å². The summed E-state index contributed by atoms with van der Waals surface area (Å²) in [6, 6.07) is 11.9. The van der Waals surface area contributed by atoms with E-state index in [2.05, 4.69) is 94.7 Å². The van der Waals surface area contributed by atoms with Crippen LogP contribution >= 0.6 is 0 Å². The molecule has 0 N–H and O–H groups in total. The van der Waals surface area contributed by atoms with E-state index in [1.54, 1.807) is 0 Å². The third-order valence-corrected chi connectivity index (χ3v) is 7.89. The molecule has 0 saturated heterocycles. The Kier molecular flexibility index (Phi) is 3.95. The second-order valence-corrected chi connectivity index (χ2v) is 10.4. The van der Waals surface area contributed by atoms with Crippen LogP contribution in [0.3, 0.4) is 0 Å². The molecule has 0 fully saturated rings. The van der Waals surface area contributed by atoms with Crippen molar-refractivity contribution in [3.63, 3.8) is 0 Å². The standard InChI is InChI=1S/C27H34N3/c1-9-27(10-2)18(5)29-21-14-16(3)17(4)15-22(21)30-24(29)23-19(27)12-11-13-20(23)28-25(30)26(6,7)8/h11-15,18H,9-10H2,1-8H3/q+1. The number of hydrogen-bond acceptors (Lipinski definition) is 1. The van der Waals surface area contributed by atoms with Crippen molar-refractivity contribution in [2.45, 2.75) is 85.1 Å². The van der Waals surface area contributed by atoms with E-state index in [0.717, 1.165) is 24.2 Å². The zero-order chi connectivity index (χ0) is 21.6. The van der Waals surface area contributed by atoms with Crippen molar-refractivity contribution in [3.8, 4) is 0 Å². The Balaban J connectivity index is 2.16. The summed E-state index contributed by atoms with van der Waals surface area (Å²) in [5.74, 6) is 1.14. The van der Waals surface area contributed by atoms with E-state index in [9.17, 15) is 0 Å². The number of imidazole rings is 1. The molecule has 1 unspecified atom stereocenters. The molecule has 30 heavy (non-hydrogen) atoms. The molecule has 5 rings (SSSR count). The molecule has 4 aromatic rings. The molecule has 1 atom stereocenters. The predicted molar refractivity (Wildman–Crippen MR) is 126 cm³/mol. The maximum absolute atomic E-state index is 5.29. The van der Waals surface area contributed by atoms with E-state index in [0.29, 0.717) is 6.04 Å². The number of aromatic nitrogens is 3. The summed E-state index contributed by atoms with van der Waals surface area (Å²) in [4.78, 5) is 5.29. The van der Waals surface area contributed by atoms with Crippen molar-refractivity contribution in [1.29, 1.82) is 0 Å². The van der Waals surface area contributed by atoms with Crippen molar-refractivity contribution >= 4 is 27.6 Å². The van der Waals surface area contributed by atoms with Gasteiger partial charge in [-0.3, -0.25) is 0 Å². The van der Waals surface area contributed by atoms with Gasteiger partial charge in [-0.25, -0.2) is 9.55 Å².